The number of hydrogen-bond acceptors (Lipinski definition) is 10. The average Bonchev–Trinajstić information content (AvgIpc) is 2.82. The van der Waals surface area contributed by atoms with Crippen LogP contribution in [0.3, 0.4) is 0 Å². The summed E-state index contributed by atoms with van der Waals surface area (Å²) < 4.78 is 15.9. The molecule has 0 heterocycles. The monoisotopic (exact) mass is 574 g/mol. The highest BCUT2D eigenvalue weighted by Gasteiger charge is 2.64. The Morgan fingerprint density at radius 3 is 2.39 bits per heavy atom. The van der Waals surface area contributed by atoms with E-state index in [1.54, 1.807) is 0 Å². The van der Waals surface area contributed by atoms with Crippen LogP contribution in [0, 0.1) is 23.1 Å². The van der Waals surface area contributed by atoms with E-state index in [0.29, 0.717) is 6.54 Å². The lowest BCUT2D eigenvalue weighted by Gasteiger charge is -2.50. The summed E-state index contributed by atoms with van der Waals surface area (Å²) in [5.41, 5.74) is 1.21. The molecule has 12 heteroatoms. The van der Waals surface area contributed by atoms with Gasteiger partial charge < -0.3 is 36.4 Å². The number of Topliss-reactive ketones (excluding diaryl/α,β-unsaturated/α-hetero) is 2. The van der Waals surface area contributed by atoms with Crippen molar-refractivity contribution in [1.29, 1.82) is 0 Å². The number of nitrogens with one attached hydrogen (secondary N) is 1. The molecule has 3 aliphatic carbocycles. The first-order chi connectivity index (χ1) is 18.9. The van der Waals surface area contributed by atoms with Crippen molar-refractivity contribution in [1.82, 2.24) is 15.1 Å². The van der Waals surface area contributed by atoms with Gasteiger partial charge in [-0.3, -0.25) is 19.3 Å². The largest absolute Gasteiger partial charge is 0.508 e. The molecule has 7 N–H and O–H groups in total. The Bertz CT molecular complexity index is 1380. The number of rotatable bonds is 8. The summed E-state index contributed by atoms with van der Waals surface area (Å²) >= 11 is 0. The quantitative estimate of drug-likeness (QED) is 0.243. The highest BCUT2D eigenvalue weighted by molar-refractivity contribution is 6.24. The Hall–Kier alpha value is -3.32. The zero-order valence-corrected chi connectivity index (χ0v) is 24.2. The Morgan fingerprint density at radius 2 is 1.83 bits per heavy atom. The minimum Gasteiger partial charge on any atom is -0.508 e. The number of primary amides is 1. The smallest absolute Gasteiger partial charge is 0.255 e. The molecular weight excluding hydrogens is 535 g/mol. The van der Waals surface area contributed by atoms with Crippen LogP contribution in [0.1, 0.15) is 37.0 Å². The van der Waals surface area contributed by atoms with Crippen LogP contribution in [0.15, 0.2) is 23.0 Å². The van der Waals surface area contributed by atoms with Gasteiger partial charge in [0.2, 0.25) is 5.78 Å². The molecule has 3 aliphatic rings. The van der Waals surface area contributed by atoms with Gasteiger partial charge >= 0.3 is 0 Å². The number of ketones is 2. The number of phenols is 1. The van der Waals surface area contributed by atoms with Crippen molar-refractivity contribution < 1.29 is 39.2 Å². The van der Waals surface area contributed by atoms with E-state index in [-0.39, 0.29) is 47.1 Å². The van der Waals surface area contributed by atoms with Gasteiger partial charge in [0.05, 0.1) is 11.6 Å². The molecule has 4 rings (SSSR count). The van der Waals surface area contributed by atoms with Crippen molar-refractivity contribution in [2.75, 3.05) is 41.3 Å². The molecule has 41 heavy (non-hydrogen) atoms. The van der Waals surface area contributed by atoms with Gasteiger partial charge in [-0.2, -0.15) is 0 Å². The lowest BCUT2D eigenvalue weighted by Crippen LogP contribution is -2.65. The summed E-state index contributed by atoms with van der Waals surface area (Å²) in [4.78, 5) is 42.5. The maximum atomic E-state index is 15.9. The maximum absolute atomic E-state index is 15.9. The molecule has 0 aromatic heterocycles. The van der Waals surface area contributed by atoms with Crippen LogP contribution in [0.25, 0.3) is 5.76 Å². The highest BCUT2D eigenvalue weighted by Crippen LogP contribution is 2.53. The SMILES string of the molecule is CN(C)CC(C)(C)CNCc1cc(O)c2c(c1F)C[C@H]1C[C@H]3[C@H](N(C)C)C(=O)C(C(N)=O)=C(O)[C@@]3(O)C(=O)C1=C2O. The van der Waals surface area contributed by atoms with Crippen molar-refractivity contribution in [3.05, 3.63) is 45.5 Å². The third kappa shape index (κ3) is 4.92. The second-order valence-electron chi connectivity index (χ2n) is 12.7. The van der Waals surface area contributed by atoms with Gasteiger partial charge in [0.1, 0.15) is 28.7 Å². The van der Waals surface area contributed by atoms with E-state index in [4.69, 9.17) is 5.73 Å². The molecule has 1 amide bonds. The summed E-state index contributed by atoms with van der Waals surface area (Å²) in [6.07, 6.45) is -0.207. The number of benzene rings is 1. The zero-order valence-electron chi connectivity index (χ0n) is 24.2. The number of nitrogens with two attached hydrogens (primary N) is 1. The fraction of sp³-hybridized carbons (Fsp3) is 0.552. The van der Waals surface area contributed by atoms with Gasteiger partial charge in [-0.1, -0.05) is 13.8 Å². The number of halogens is 1. The van der Waals surface area contributed by atoms with Crippen LogP contribution in [0.4, 0.5) is 4.39 Å². The van der Waals surface area contributed by atoms with E-state index in [1.165, 1.54) is 25.1 Å². The van der Waals surface area contributed by atoms with E-state index in [0.717, 1.165) is 6.54 Å². The first-order valence-corrected chi connectivity index (χ1v) is 13.5. The highest BCUT2D eigenvalue weighted by atomic mass is 19.1. The Labute approximate surface area is 238 Å². The lowest BCUT2D eigenvalue weighted by atomic mass is 9.57. The Kier molecular flexibility index (Phi) is 7.85. The molecule has 4 atom stereocenters. The minimum atomic E-state index is -2.73. The zero-order chi connectivity index (χ0) is 30.8. The lowest BCUT2D eigenvalue weighted by molar-refractivity contribution is -0.153. The average molecular weight is 575 g/mol. The topological polar surface area (TPSA) is 177 Å². The molecule has 224 valence electrons. The maximum Gasteiger partial charge on any atom is 0.255 e. The summed E-state index contributed by atoms with van der Waals surface area (Å²) in [6, 6.07) is -0.0156. The standard InChI is InChI=1S/C29H39FN4O7/c1-28(2,12-33(3)4)11-32-10-14-9-17(35)19-15(21(14)30)7-13-8-16-22(34(5)6)24(37)20(27(31)40)26(39)29(16,41)25(38)18(13)23(19)36/h9,13,16,22,32,35-36,39,41H,7-8,10-12H2,1-6H3,(H2,31,40)/t13-,16-,22-,29-/m0/s1. The number of likely N-dealkylation sites (N-methyl/N-ethyl adjacent to an activating group) is 1. The normalized spacial score (nSPS) is 26.4. The molecule has 0 saturated heterocycles. The van der Waals surface area contributed by atoms with E-state index >= 15 is 4.39 Å². The van der Waals surface area contributed by atoms with Crippen LogP contribution < -0.4 is 11.1 Å². The molecule has 11 nitrogen and oxygen atoms in total. The molecular formula is C29H39FN4O7. The van der Waals surface area contributed by atoms with Gasteiger partial charge in [-0.25, -0.2) is 4.39 Å². The molecule has 0 spiro atoms. The molecule has 0 radical (unpaired) electrons. The number of aromatic hydroxyl groups is 1. The van der Waals surface area contributed by atoms with Crippen LogP contribution >= 0.6 is 0 Å². The summed E-state index contributed by atoms with van der Waals surface area (Å²) in [5, 5.41) is 47.8. The molecule has 1 aromatic carbocycles. The predicted octanol–water partition coefficient (Wildman–Crippen LogP) is 0.781. The number of fused-ring (bicyclic) bond motifs is 3. The number of aliphatic hydroxyl groups is 3. The van der Waals surface area contributed by atoms with E-state index < -0.39 is 69.6 Å². The third-order valence-electron chi connectivity index (χ3n) is 8.39. The number of amides is 1. The molecule has 1 saturated carbocycles. The van der Waals surface area contributed by atoms with Gasteiger partial charge in [0.15, 0.2) is 11.4 Å². The van der Waals surface area contributed by atoms with Crippen molar-refractivity contribution in [2.24, 2.45) is 23.0 Å². The van der Waals surface area contributed by atoms with Crippen LogP contribution in [0.2, 0.25) is 0 Å². The van der Waals surface area contributed by atoms with Crippen molar-refractivity contribution in [3.8, 4) is 5.75 Å². The van der Waals surface area contributed by atoms with Crippen LogP contribution in [0.5, 0.6) is 5.75 Å². The predicted molar refractivity (Wildman–Crippen MR) is 148 cm³/mol. The third-order valence-corrected chi connectivity index (χ3v) is 8.39. The Morgan fingerprint density at radius 1 is 1.20 bits per heavy atom. The van der Waals surface area contributed by atoms with Crippen molar-refractivity contribution in [2.45, 2.75) is 44.9 Å². The number of phenolic OH excluding ortho intramolecular Hbond substituents is 1. The second kappa shape index (κ2) is 10.5. The van der Waals surface area contributed by atoms with Crippen LogP contribution in [-0.2, 0) is 27.3 Å². The first-order valence-electron chi connectivity index (χ1n) is 13.5. The summed E-state index contributed by atoms with van der Waals surface area (Å²) in [5.74, 6) is -8.31. The summed E-state index contributed by atoms with van der Waals surface area (Å²) in [6.45, 7) is 5.62. The molecule has 1 aromatic rings. The second-order valence-corrected chi connectivity index (χ2v) is 12.7. The van der Waals surface area contributed by atoms with Gasteiger partial charge in [-0.15, -0.1) is 0 Å². The minimum absolute atomic E-state index is 0.0139. The van der Waals surface area contributed by atoms with E-state index in [9.17, 15) is 34.8 Å². The number of nitrogens with zero attached hydrogens (tertiary/aromatic N) is 2. The Balaban J connectivity index is 1.77. The molecule has 0 unspecified atom stereocenters. The van der Waals surface area contributed by atoms with Gasteiger partial charge in [0.25, 0.3) is 5.91 Å². The van der Waals surface area contributed by atoms with Crippen molar-refractivity contribution in [3.63, 3.8) is 0 Å². The van der Waals surface area contributed by atoms with Gasteiger partial charge in [-0.05, 0) is 58.4 Å². The number of aliphatic hydroxyl groups excluding tert-OH is 2. The fourth-order valence-corrected chi connectivity index (χ4v) is 6.92. The van der Waals surface area contributed by atoms with Crippen LogP contribution in [-0.4, -0.2) is 101 Å². The molecule has 0 bridgehead atoms. The fourth-order valence-electron chi connectivity index (χ4n) is 6.92. The summed E-state index contributed by atoms with van der Waals surface area (Å²) in [7, 11) is 6.97. The van der Waals surface area contributed by atoms with E-state index in [2.05, 4.69) is 24.1 Å². The first kappa shape index (κ1) is 30.6. The number of carbonyl (C=O) groups is 3. The number of carbonyl (C=O) groups excluding carboxylic acids is 3. The van der Waals surface area contributed by atoms with Crippen molar-refractivity contribution >= 4 is 23.2 Å². The molecule has 0 aliphatic heterocycles. The number of hydrogen-bond donors (Lipinski definition) is 6. The molecule has 1 fully saturated rings. The van der Waals surface area contributed by atoms with Gasteiger partial charge in [0, 0.05) is 42.3 Å². The van der Waals surface area contributed by atoms with E-state index in [1.807, 2.05) is 14.1 Å².